The summed E-state index contributed by atoms with van der Waals surface area (Å²) in [7, 11) is 0. The number of hydrogen-bond acceptors (Lipinski definition) is 0. The lowest BCUT2D eigenvalue weighted by atomic mass is 9.98. The summed E-state index contributed by atoms with van der Waals surface area (Å²) < 4.78 is 1.30. The average Bonchev–Trinajstić information content (AvgIpc) is 3.01. The van der Waals surface area contributed by atoms with E-state index >= 15 is 0 Å². The summed E-state index contributed by atoms with van der Waals surface area (Å²) in [5.41, 5.74) is 2.81. The topological polar surface area (TPSA) is 0 Å². The highest BCUT2D eigenvalue weighted by Gasteiger charge is 2.24. The van der Waals surface area contributed by atoms with E-state index in [1.807, 2.05) is 6.08 Å². The molecular formula is C13H14I. The van der Waals surface area contributed by atoms with Crippen molar-refractivity contribution in [1.82, 2.24) is 0 Å². The first kappa shape index (κ1) is 10.2. The minimum absolute atomic E-state index is 0.223. The Morgan fingerprint density at radius 2 is 2.14 bits per heavy atom. The fourth-order valence-electron chi connectivity index (χ4n) is 1.64. The van der Waals surface area contributed by atoms with Gasteiger partial charge in [0.25, 0.3) is 0 Å². The molecule has 1 unspecified atom stereocenters. The average molecular weight is 297 g/mol. The van der Waals surface area contributed by atoms with E-state index in [0.29, 0.717) is 0 Å². The maximum atomic E-state index is 4.09. The van der Waals surface area contributed by atoms with Crippen molar-refractivity contribution in [2.75, 3.05) is 0 Å². The minimum atomic E-state index is 0.223. The lowest BCUT2D eigenvalue weighted by Gasteiger charge is -2.11. The molecule has 0 saturated heterocycles. The van der Waals surface area contributed by atoms with Crippen molar-refractivity contribution in [2.24, 2.45) is 0 Å². The quantitative estimate of drug-likeness (QED) is 0.577. The van der Waals surface area contributed by atoms with Crippen LogP contribution in [0.5, 0.6) is 0 Å². The molecule has 1 atom stereocenters. The molecule has 0 heterocycles. The van der Waals surface area contributed by atoms with Gasteiger partial charge in [0.2, 0.25) is 0 Å². The number of allylic oxidation sites excluding steroid dienone is 1. The third kappa shape index (κ3) is 2.02. The highest BCUT2D eigenvalue weighted by Crippen LogP contribution is 2.41. The summed E-state index contributed by atoms with van der Waals surface area (Å²) in [6, 6.07) is 6.75. The van der Waals surface area contributed by atoms with Gasteiger partial charge in [-0.05, 0) is 65.5 Å². The second-order valence-electron chi connectivity index (χ2n) is 3.90. The lowest BCUT2D eigenvalue weighted by molar-refractivity contribution is 1.04. The third-order valence-electron chi connectivity index (χ3n) is 2.75. The molecule has 0 spiro atoms. The van der Waals surface area contributed by atoms with Gasteiger partial charge in [0.15, 0.2) is 0 Å². The standard InChI is InChI=1S/C13H14I/c1-3-9(2)12-8-11(10-4-5-10)6-7-13(12)14/h3,6-10H,1-2,4-5H2. The molecule has 1 fully saturated rings. The Morgan fingerprint density at radius 3 is 2.71 bits per heavy atom. The van der Waals surface area contributed by atoms with Crippen LogP contribution in [0.2, 0.25) is 0 Å². The van der Waals surface area contributed by atoms with Crippen LogP contribution < -0.4 is 0 Å². The predicted molar refractivity (Wildman–Crippen MR) is 69.4 cm³/mol. The van der Waals surface area contributed by atoms with Crippen molar-refractivity contribution in [2.45, 2.75) is 24.7 Å². The zero-order valence-corrected chi connectivity index (χ0v) is 10.3. The summed E-state index contributed by atoms with van der Waals surface area (Å²) in [5, 5.41) is 0. The molecule has 73 valence electrons. The van der Waals surface area contributed by atoms with Gasteiger partial charge in [0.05, 0.1) is 0 Å². The Balaban J connectivity index is 2.35. The summed E-state index contributed by atoms with van der Waals surface area (Å²) in [6.45, 7) is 7.89. The Morgan fingerprint density at radius 1 is 1.43 bits per heavy atom. The van der Waals surface area contributed by atoms with E-state index in [1.54, 1.807) is 0 Å². The van der Waals surface area contributed by atoms with Crippen LogP contribution in [0.4, 0.5) is 0 Å². The Bertz CT molecular complexity index is 350. The molecule has 0 aromatic heterocycles. The molecule has 1 aliphatic carbocycles. The van der Waals surface area contributed by atoms with E-state index in [2.05, 4.69) is 54.3 Å². The molecule has 0 nitrogen and oxygen atoms in total. The van der Waals surface area contributed by atoms with Gasteiger partial charge >= 0.3 is 0 Å². The van der Waals surface area contributed by atoms with Crippen molar-refractivity contribution in [1.29, 1.82) is 0 Å². The highest BCUT2D eigenvalue weighted by atomic mass is 127. The Labute approximate surface area is 99.6 Å². The van der Waals surface area contributed by atoms with Crippen LogP contribution in [0, 0.1) is 10.5 Å². The van der Waals surface area contributed by atoms with E-state index in [4.69, 9.17) is 0 Å². The van der Waals surface area contributed by atoms with Gasteiger partial charge in [-0.3, -0.25) is 0 Å². The smallest absolute Gasteiger partial charge is 0.0168 e. The van der Waals surface area contributed by atoms with Crippen LogP contribution >= 0.6 is 22.6 Å². The molecule has 1 aliphatic rings. The first-order valence-electron chi connectivity index (χ1n) is 4.97. The van der Waals surface area contributed by atoms with Crippen LogP contribution in [0.3, 0.4) is 0 Å². The normalized spacial score (nSPS) is 17.9. The molecule has 1 saturated carbocycles. The fourth-order valence-corrected chi connectivity index (χ4v) is 2.38. The SMILES string of the molecule is [CH2]C(C=C)c1cc(C2CC2)ccc1I. The van der Waals surface area contributed by atoms with E-state index in [0.717, 1.165) is 5.92 Å². The van der Waals surface area contributed by atoms with Gasteiger partial charge in [0, 0.05) is 9.49 Å². The second-order valence-corrected chi connectivity index (χ2v) is 5.06. The van der Waals surface area contributed by atoms with Crippen molar-refractivity contribution < 1.29 is 0 Å². The number of hydrogen-bond donors (Lipinski definition) is 0. The molecule has 14 heavy (non-hydrogen) atoms. The maximum Gasteiger partial charge on any atom is 0.0168 e. The van der Waals surface area contributed by atoms with Crippen LogP contribution in [0.25, 0.3) is 0 Å². The molecule has 0 N–H and O–H groups in total. The van der Waals surface area contributed by atoms with Gasteiger partial charge < -0.3 is 0 Å². The lowest BCUT2D eigenvalue weighted by Crippen LogP contribution is -1.95. The van der Waals surface area contributed by atoms with E-state index in [9.17, 15) is 0 Å². The molecule has 1 aromatic rings. The van der Waals surface area contributed by atoms with E-state index in [1.165, 1.54) is 27.5 Å². The van der Waals surface area contributed by atoms with E-state index < -0.39 is 0 Å². The molecular weight excluding hydrogens is 283 g/mol. The predicted octanol–water partition coefficient (Wildman–Crippen LogP) is 4.27. The first-order chi connectivity index (χ1) is 6.72. The monoisotopic (exact) mass is 297 g/mol. The van der Waals surface area contributed by atoms with Crippen molar-refractivity contribution >= 4 is 22.6 Å². The first-order valence-corrected chi connectivity index (χ1v) is 6.05. The Kier molecular flexibility index (Phi) is 2.96. The van der Waals surface area contributed by atoms with Crippen molar-refractivity contribution in [3.8, 4) is 0 Å². The van der Waals surface area contributed by atoms with Crippen LogP contribution in [0.1, 0.15) is 35.8 Å². The van der Waals surface area contributed by atoms with Crippen LogP contribution in [0.15, 0.2) is 30.9 Å². The van der Waals surface area contributed by atoms with Gasteiger partial charge in [-0.15, -0.1) is 6.58 Å². The maximum absolute atomic E-state index is 4.09. The molecule has 0 bridgehead atoms. The Hall–Kier alpha value is -0.310. The number of rotatable bonds is 3. The molecule has 0 amide bonds. The van der Waals surface area contributed by atoms with Gasteiger partial charge in [-0.1, -0.05) is 18.2 Å². The van der Waals surface area contributed by atoms with E-state index in [-0.39, 0.29) is 5.92 Å². The van der Waals surface area contributed by atoms with Crippen LogP contribution in [-0.2, 0) is 0 Å². The summed E-state index contributed by atoms with van der Waals surface area (Å²) in [5.74, 6) is 1.04. The van der Waals surface area contributed by atoms with Crippen molar-refractivity contribution in [3.05, 3.63) is 52.5 Å². The largest absolute Gasteiger partial charge is 0.102 e. The highest BCUT2D eigenvalue weighted by molar-refractivity contribution is 14.1. The van der Waals surface area contributed by atoms with Crippen molar-refractivity contribution in [3.63, 3.8) is 0 Å². The number of halogens is 1. The zero-order chi connectivity index (χ0) is 10.1. The molecule has 2 rings (SSSR count). The number of benzene rings is 1. The van der Waals surface area contributed by atoms with Crippen LogP contribution in [-0.4, -0.2) is 0 Å². The fraction of sp³-hybridized carbons (Fsp3) is 0.308. The molecule has 1 aromatic carbocycles. The molecule has 1 radical (unpaired) electrons. The zero-order valence-electron chi connectivity index (χ0n) is 8.17. The minimum Gasteiger partial charge on any atom is -0.102 e. The van der Waals surface area contributed by atoms with Gasteiger partial charge in [0.1, 0.15) is 0 Å². The van der Waals surface area contributed by atoms with Gasteiger partial charge in [-0.2, -0.15) is 0 Å². The summed E-state index contributed by atoms with van der Waals surface area (Å²) in [4.78, 5) is 0. The second kappa shape index (κ2) is 4.05. The molecule has 0 aliphatic heterocycles. The third-order valence-corrected chi connectivity index (χ3v) is 3.74. The summed E-state index contributed by atoms with van der Waals surface area (Å²) in [6.07, 6.45) is 4.63. The summed E-state index contributed by atoms with van der Waals surface area (Å²) >= 11 is 2.37. The van der Waals surface area contributed by atoms with Gasteiger partial charge in [-0.25, -0.2) is 0 Å². The molecule has 1 heteroatoms.